The molecular weight excluding hydrogens is 529 g/mol. The summed E-state index contributed by atoms with van der Waals surface area (Å²) in [7, 11) is 5.10. The summed E-state index contributed by atoms with van der Waals surface area (Å²) < 4.78 is 10.7. The zero-order chi connectivity index (χ0) is 22.8. The van der Waals surface area contributed by atoms with Crippen molar-refractivity contribution in [2.75, 3.05) is 54.0 Å². The van der Waals surface area contributed by atoms with Gasteiger partial charge in [0.05, 0.1) is 14.2 Å². The van der Waals surface area contributed by atoms with Crippen molar-refractivity contribution in [3.05, 3.63) is 59.2 Å². The number of guanidine groups is 1. The molecule has 0 bridgehead atoms. The quantitative estimate of drug-likeness (QED) is 0.276. The number of benzene rings is 2. The highest BCUT2D eigenvalue weighted by atomic mass is 127. The minimum Gasteiger partial charge on any atom is -0.497 e. The molecule has 0 saturated carbocycles. The maximum atomic E-state index is 5.47. The Morgan fingerprint density at radius 2 is 1.52 bits per heavy atom. The average molecular weight is 568 g/mol. The Hall–Kier alpha value is -2.04. The van der Waals surface area contributed by atoms with Gasteiger partial charge in [0, 0.05) is 64.5 Å². The van der Waals surface area contributed by atoms with Crippen LogP contribution in [0.5, 0.6) is 11.5 Å². The number of piperazine rings is 1. The Bertz CT molecular complexity index is 868. The van der Waals surface area contributed by atoms with Crippen molar-refractivity contribution in [1.82, 2.24) is 20.4 Å². The first kappa shape index (κ1) is 27.2. The SMILES string of the molecule is CCN1CCN(Cc2ccc(CNC(=NC)NCc3ccc(OC)cc3OC)cc2)CC1.I. The highest BCUT2D eigenvalue weighted by Crippen LogP contribution is 2.24. The predicted octanol–water partition coefficient (Wildman–Crippen LogP) is 3.32. The Balaban J connectivity index is 0.00000385. The Morgan fingerprint density at radius 1 is 0.879 bits per heavy atom. The molecule has 0 aliphatic carbocycles. The zero-order valence-electron chi connectivity index (χ0n) is 20.3. The summed E-state index contributed by atoms with van der Waals surface area (Å²) in [5, 5.41) is 6.74. The molecule has 1 aliphatic heterocycles. The van der Waals surface area contributed by atoms with E-state index in [1.165, 1.54) is 24.2 Å². The van der Waals surface area contributed by atoms with E-state index in [2.05, 4.69) is 56.6 Å². The molecule has 1 saturated heterocycles. The van der Waals surface area contributed by atoms with Crippen LogP contribution in [0.25, 0.3) is 0 Å². The lowest BCUT2D eigenvalue weighted by molar-refractivity contribution is 0.132. The van der Waals surface area contributed by atoms with Crippen LogP contribution in [-0.2, 0) is 19.6 Å². The largest absolute Gasteiger partial charge is 0.497 e. The molecule has 1 heterocycles. The summed E-state index contributed by atoms with van der Waals surface area (Å²) in [6.07, 6.45) is 0. The van der Waals surface area contributed by atoms with Gasteiger partial charge in [-0.1, -0.05) is 31.2 Å². The average Bonchev–Trinajstić information content (AvgIpc) is 2.85. The van der Waals surface area contributed by atoms with Crippen LogP contribution in [0.1, 0.15) is 23.6 Å². The van der Waals surface area contributed by atoms with Crippen LogP contribution in [0, 0.1) is 0 Å². The smallest absolute Gasteiger partial charge is 0.191 e. The van der Waals surface area contributed by atoms with Crippen LogP contribution in [0.4, 0.5) is 0 Å². The third-order valence-electron chi connectivity index (χ3n) is 5.97. The number of aliphatic imine (C=N–C) groups is 1. The molecule has 7 nitrogen and oxygen atoms in total. The lowest BCUT2D eigenvalue weighted by atomic mass is 10.1. The molecule has 2 aromatic carbocycles. The van der Waals surface area contributed by atoms with Crippen LogP contribution in [-0.4, -0.2) is 69.8 Å². The molecule has 0 amide bonds. The van der Waals surface area contributed by atoms with Gasteiger partial charge in [-0.25, -0.2) is 0 Å². The van der Waals surface area contributed by atoms with Gasteiger partial charge in [0.2, 0.25) is 0 Å². The first-order chi connectivity index (χ1) is 15.6. The van der Waals surface area contributed by atoms with E-state index in [-0.39, 0.29) is 24.0 Å². The number of likely N-dealkylation sites (N-methyl/N-ethyl adjacent to an activating group) is 1. The second kappa shape index (κ2) is 14.3. The molecule has 0 radical (unpaired) electrons. The van der Waals surface area contributed by atoms with E-state index in [0.717, 1.165) is 55.7 Å². The van der Waals surface area contributed by atoms with E-state index in [9.17, 15) is 0 Å². The minimum atomic E-state index is 0. The first-order valence-corrected chi connectivity index (χ1v) is 11.3. The molecule has 0 atom stereocenters. The monoisotopic (exact) mass is 567 g/mol. The molecule has 8 heteroatoms. The summed E-state index contributed by atoms with van der Waals surface area (Å²) >= 11 is 0. The molecule has 33 heavy (non-hydrogen) atoms. The van der Waals surface area contributed by atoms with Crippen LogP contribution < -0.4 is 20.1 Å². The number of ether oxygens (including phenoxy) is 2. The fourth-order valence-corrected chi connectivity index (χ4v) is 3.87. The summed E-state index contributed by atoms with van der Waals surface area (Å²) in [5.41, 5.74) is 3.64. The Kier molecular flexibility index (Phi) is 11.8. The van der Waals surface area contributed by atoms with Crippen molar-refractivity contribution < 1.29 is 9.47 Å². The molecule has 0 aromatic heterocycles. The van der Waals surface area contributed by atoms with Crippen molar-refractivity contribution in [3.63, 3.8) is 0 Å². The van der Waals surface area contributed by atoms with E-state index in [1.54, 1.807) is 21.3 Å². The Morgan fingerprint density at radius 3 is 2.12 bits per heavy atom. The first-order valence-electron chi connectivity index (χ1n) is 11.3. The number of nitrogens with one attached hydrogen (secondary N) is 2. The highest BCUT2D eigenvalue weighted by molar-refractivity contribution is 14.0. The number of rotatable bonds is 9. The van der Waals surface area contributed by atoms with E-state index in [4.69, 9.17) is 9.47 Å². The van der Waals surface area contributed by atoms with E-state index in [1.807, 2.05) is 18.2 Å². The standard InChI is InChI=1S/C25H37N5O2.HI/c1-5-29-12-14-30(15-13-29)19-21-8-6-20(7-9-21)17-27-25(26-2)28-18-22-10-11-23(31-3)16-24(22)32-4;/h6-11,16H,5,12-15,17-19H2,1-4H3,(H2,26,27,28);1H. The number of halogens is 1. The third kappa shape index (κ3) is 8.35. The summed E-state index contributed by atoms with van der Waals surface area (Å²) in [4.78, 5) is 9.38. The lowest BCUT2D eigenvalue weighted by Gasteiger charge is -2.34. The van der Waals surface area contributed by atoms with Crippen molar-refractivity contribution in [2.24, 2.45) is 4.99 Å². The number of hydrogen-bond acceptors (Lipinski definition) is 5. The second-order valence-electron chi connectivity index (χ2n) is 7.98. The van der Waals surface area contributed by atoms with Crippen molar-refractivity contribution >= 4 is 29.9 Å². The van der Waals surface area contributed by atoms with Crippen LogP contribution in [0.2, 0.25) is 0 Å². The van der Waals surface area contributed by atoms with Crippen LogP contribution in [0.3, 0.4) is 0 Å². The maximum Gasteiger partial charge on any atom is 0.191 e. The van der Waals surface area contributed by atoms with Crippen molar-refractivity contribution in [2.45, 2.75) is 26.6 Å². The molecule has 1 fully saturated rings. The fraction of sp³-hybridized carbons (Fsp3) is 0.480. The summed E-state index contributed by atoms with van der Waals surface area (Å²) in [6.45, 7) is 10.4. The van der Waals surface area contributed by atoms with Gasteiger partial charge in [0.15, 0.2) is 5.96 Å². The van der Waals surface area contributed by atoms with E-state index < -0.39 is 0 Å². The van der Waals surface area contributed by atoms with Crippen LogP contribution in [0.15, 0.2) is 47.5 Å². The Labute approximate surface area is 215 Å². The van der Waals surface area contributed by atoms with Crippen molar-refractivity contribution in [3.8, 4) is 11.5 Å². The summed E-state index contributed by atoms with van der Waals surface area (Å²) in [5.74, 6) is 2.32. The van der Waals surface area contributed by atoms with Gasteiger partial charge in [0.25, 0.3) is 0 Å². The molecular formula is C25H38IN5O2. The predicted molar refractivity (Wildman–Crippen MR) is 146 cm³/mol. The molecule has 0 unspecified atom stereocenters. The molecule has 0 spiro atoms. The van der Waals surface area contributed by atoms with Crippen molar-refractivity contribution in [1.29, 1.82) is 0 Å². The van der Waals surface area contributed by atoms with Crippen LogP contribution >= 0.6 is 24.0 Å². The summed E-state index contributed by atoms with van der Waals surface area (Å²) in [6, 6.07) is 14.7. The molecule has 3 rings (SSSR count). The number of hydrogen-bond donors (Lipinski definition) is 2. The number of nitrogens with zero attached hydrogens (tertiary/aromatic N) is 3. The molecule has 2 aromatic rings. The molecule has 2 N–H and O–H groups in total. The minimum absolute atomic E-state index is 0. The molecule has 182 valence electrons. The van der Waals surface area contributed by atoms with Gasteiger partial charge < -0.3 is 25.0 Å². The van der Waals surface area contributed by atoms with Gasteiger partial charge in [-0.05, 0) is 29.8 Å². The van der Waals surface area contributed by atoms with Gasteiger partial charge in [-0.2, -0.15) is 0 Å². The zero-order valence-corrected chi connectivity index (χ0v) is 22.6. The van der Waals surface area contributed by atoms with Gasteiger partial charge >= 0.3 is 0 Å². The van der Waals surface area contributed by atoms with E-state index >= 15 is 0 Å². The number of methoxy groups -OCH3 is 2. The van der Waals surface area contributed by atoms with E-state index in [0.29, 0.717) is 6.54 Å². The third-order valence-corrected chi connectivity index (χ3v) is 5.97. The maximum absolute atomic E-state index is 5.47. The topological polar surface area (TPSA) is 61.4 Å². The normalized spacial score (nSPS) is 15.0. The van der Waals surface area contributed by atoms with Gasteiger partial charge in [0.1, 0.15) is 11.5 Å². The fourth-order valence-electron chi connectivity index (χ4n) is 3.87. The highest BCUT2D eigenvalue weighted by Gasteiger charge is 2.15. The van der Waals surface area contributed by atoms with Gasteiger partial charge in [-0.15, -0.1) is 24.0 Å². The lowest BCUT2D eigenvalue weighted by Crippen LogP contribution is -2.45. The van der Waals surface area contributed by atoms with Gasteiger partial charge in [-0.3, -0.25) is 9.89 Å². The molecule has 1 aliphatic rings. The second-order valence-corrected chi connectivity index (χ2v) is 7.98.